The third-order valence-corrected chi connectivity index (χ3v) is 1.93. The number of nitrogens with two attached hydrogens (primary N) is 1. The lowest BCUT2D eigenvalue weighted by atomic mass is 10.1. The smallest absolute Gasteiger partial charge is 0.0621 e. The van der Waals surface area contributed by atoms with Crippen molar-refractivity contribution in [2.24, 2.45) is 5.73 Å². The summed E-state index contributed by atoms with van der Waals surface area (Å²) >= 11 is 0. The van der Waals surface area contributed by atoms with E-state index in [9.17, 15) is 0 Å². The number of rotatable bonds is 6. The monoisotopic (exact) mass is 174 g/mol. The Balaban J connectivity index is 3.83. The number of aliphatic hydroxyl groups excluding tert-OH is 1. The van der Waals surface area contributed by atoms with E-state index in [1.165, 1.54) is 0 Å². The van der Waals surface area contributed by atoms with Gasteiger partial charge in [-0.3, -0.25) is 0 Å². The maximum Gasteiger partial charge on any atom is 0.0621 e. The third-order valence-electron chi connectivity index (χ3n) is 1.93. The van der Waals surface area contributed by atoms with Gasteiger partial charge in [-0.1, -0.05) is 13.8 Å². The fraction of sp³-hybridized carbons (Fsp3) is 1.00. The van der Waals surface area contributed by atoms with Gasteiger partial charge in [0.1, 0.15) is 0 Å². The van der Waals surface area contributed by atoms with E-state index in [0.29, 0.717) is 0 Å². The lowest BCUT2D eigenvalue weighted by Crippen LogP contribution is -2.50. The molecule has 3 N–H and O–H groups in total. The van der Waals surface area contributed by atoms with Crippen LogP contribution in [-0.2, 0) is 0 Å². The average molecular weight is 174 g/mol. The Kier molecular flexibility index (Phi) is 5.46. The van der Waals surface area contributed by atoms with E-state index in [4.69, 9.17) is 10.8 Å². The molecule has 0 aliphatic carbocycles. The molecule has 0 amide bonds. The number of nitrogens with zero attached hydrogens (tertiary/aromatic N) is 1. The highest BCUT2D eigenvalue weighted by Gasteiger charge is 2.19. The minimum absolute atomic E-state index is 0.0488. The summed E-state index contributed by atoms with van der Waals surface area (Å²) in [5.74, 6) is 0. The zero-order valence-electron chi connectivity index (χ0n) is 8.51. The van der Waals surface area contributed by atoms with E-state index < -0.39 is 5.54 Å². The van der Waals surface area contributed by atoms with Crippen molar-refractivity contribution in [2.45, 2.75) is 32.7 Å². The van der Waals surface area contributed by atoms with Crippen LogP contribution >= 0.6 is 0 Å². The highest BCUT2D eigenvalue weighted by Crippen LogP contribution is 2.02. The molecule has 0 spiro atoms. The van der Waals surface area contributed by atoms with Crippen LogP contribution < -0.4 is 5.73 Å². The Morgan fingerprint density at radius 2 is 2.00 bits per heavy atom. The largest absolute Gasteiger partial charge is 0.394 e. The quantitative estimate of drug-likeness (QED) is 0.614. The standard InChI is InChI=1S/C9H22N2O/c1-4-6-11(5-2)7-9(3,10)8-12/h12H,4-8,10H2,1-3H3. The Morgan fingerprint density at radius 3 is 2.33 bits per heavy atom. The van der Waals surface area contributed by atoms with Gasteiger partial charge in [-0.25, -0.2) is 0 Å². The molecule has 0 saturated heterocycles. The van der Waals surface area contributed by atoms with E-state index in [1.807, 2.05) is 6.92 Å². The zero-order valence-corrected chi connectivity index (χ0v) is 8.51. The first-order valence-corrected chi connectivity index (χ1v) is 4.67. The van der Waals surface area contributed by atoms with Crippen molar-refractivity contribution < 1.29 is 5.11 Å². The summed E-state index contributed by atoms with van der Waals surface area (Å²) < 4.78 is 0. The van der Waals surface area contributed by atoms with Gasteiger partial charge in [0.05, 0.1) is 6.61 Å². The first-order valence-electron chi connectivity index (χ1n) is 4.67. The van der Waals surface area contributed by atoms with E-state index in [-0.39, 0.29) is 6.61 Å². The van der Waals surface area contributed by atoms with Gasteiger partial charge >= 0.3 is 0 Å². The summed E-state index contributed by atoms with van der Waals surface area (Å²) in [6.07, 6.45) is 1.13. The predicted octanol–water partition coefficient (Wildman–Crippen LogP) is 0.428. The van der Waals surface area contributed by atoms with Crippen molar-refractivity contribution in [3.8, 4) is 0 Å². The van der Waals surface area contributed by atoms with Gasteiger partial charge in [0.2, 0.25) is 0 Å². The van der Waals surface area contributed by atoms with Gasteiger partial charge in [-0.15, -0.1) is 0 Å². The van der Waals surface area contributed by atoms with Crippen LogP contribution in [0.5, 0.6) is 0 Å². The average Bonchev–Trinajstić information content (AvgIpc) is 2.03. The van der Waals surface area contributed by atoms with E-state index in [0.717, 1.165) is 26.1 Å². The van der Waals surface area contributed by atoms with Crippen LogP contribution in [0.4, 0.5) is 0 Å². The van der Waals surface area contributed by atoms with Crippen LogP contribution in [0, 0.1) is 0 Å². The summed E-state index contributed by atoms with van der Waals surface area (Å²) in [5.41, 5.74) is 5.38. The molecule has 0 aromatic carbocycles. The molecule has 1 unspecified atom stereocenters. The first-order chi connectivity index (χ1) is 5.55. The normalized spacial score (nSPS) is 16.5. The maximum atomic E-state index is 8.95. The summed E-state index contributed by atoms with van der Waals surface area (Å²) in [6, 6.07) is 0. The molecule has 74 valence electrons. The van der Waals surface area contributed by atoms with Gasteiger partial charge in [0.25, 0.3) is 0 Å². The van der Waals surface area contributed by atoms with Crippen LogP contribution in [0.15, 0.2) is 0 Å². The molecule has 12 heavy (non-hydrogen) atoms. The van der Waals surface area contributed by atoms with Crippen molar-refractivity contribution in [3.05, 3.63) is 0 Å². The van der Waals surface area contributed by atoms with Crippen molar-refractivity contribution in [1.82, 2.24) is 4.90 Å². The van der Waals surface area contributed by atoms with Crippen molar-refractivity contribution in [1.29, 1.82) is 0 Å². The summed E-state index contributed by atoms with van der Waals surface area (Å²) in [5, 5.41) is 8.95. The van der Waals surface area contributed by atoms with Crippen molar-refractivity contribution in [2.75, 3.05) is 26.2 Å². The van der Waals surface area contributed by atoms with Crippen LogP contribution in [0.2, 0.25) is 0 Å². The molecular weight excluding hydrogens is 152 g/mol. The fourth-order valence-corrected chi connectivity index (χ4v) is 1.23. The predicted molar refractivity (Wildman–Crippen MR) is 52.1 cm³/mol. The summed E-state index contributed by atoms with van der Waals surface area (Å²) in [7, 11) is 0. The molecule has 0 aliphatic rings. The van der Waals surface area contributed by atoms with Crippen molar-refractivity contribution in [3.63, 3.8) is 0 Å². The highest BCUT2D eigenvalue weighted by atomic mass is 16.3. The second kappa shape index (κ2) is 5.51. The van der Waals surface area contributed by atoms with Crippen LogP contribution in [0.3, 0.4) is 0 Å². The van der Waals surface area contributed by atoms with E-state index >= 15 is 0 Å². The van der Waals surface area contributed by atoms with E-state index in [1.54, 1.807) is 0 Å². The summed E-state index contributed by atoms with van der Waals surface area (Å²) in [4.78, 5) is 2.26. The van der Waals surface area contributed by atoms with Crippen LogP contribution in [0.1, 0.15) is 27.2 Å². The molecule has 0 heterocycles. The van der Waals surface area contributed by atoms with Crippen molar-refractivity contribution >= 4 is 0 Å². The molecule has 0 aromatic rings. The second-order valence-corrected chi connectivity index (χ2v) is 3.68. The second-order valence-electron chi connectivity index (χ2n) is 3.68. The number of aliphatic hydroxyl groups is 1. The minimum Gasteiger partial charge on any atom is -0.394 e. The molecule has 0 aliphatic heterocycles. The van der Waals surface area contributed by atoms with E-state index in [2.05, 4.69) is 18.7 Å². The molecule has 1 atom stereocenters. The first kappa shape index (κ1) is 11.9. The zero-order chi connectivity index (χ0) is 9.61. The number of hydrogen-bond acceptors (Lipinski definition) is 3. The molecule has 0 aromatic heterocycles. The Bertz CT molecular complexity index is 115. The topological polar surface area (TPSA) is 49.5 Å². The molecule has 0 fully saturated rings. The molecule has 0 radical (unpaired) electrons. The van der Waals surface area contributed by atoms with Gasteiger partial charge in [-0.2, -0.15) is 0 Å². The third kappa shape index (κ3) is 4.70. The number of hydrogen-bond donors (Lipinski definition) is 2. The Labute approximate surface area is 75.6 Å². The summed E-state index contributed by atoms with van der Waals surface area (Å²) in [6.45, 7) is 9.02. The van der Waals surface area contributed by atoms with Gasteiger partial charge in [-0.05, 0) is 26.4 Å². The lowest BCUT2D eigenvalue weighted by molar-refractivity contribution is 0.151. The molecular formula is C9H22N2O. The fourth-order valence-electron chi connectivity index (χ4n) is 1.23. The molecule has 0 bridgehead atoms. The number of likely N-dealkylation sites (N-methyl/N-ethyl adjacent to an activating group) is 1. The molecule has 0 rings (SSSR count). The van der Waals surface area contributed by atoms with Crippen LogP contribution in [-0.4, -0.2) is 41.8 Å². The van der Waals surface area contributed by atoms with Gasteiger partial charge in [0.15, 0.2) is 0 Å². The molecule has 0 saturated carbocycles. The Hall–Kier alpha value is -0.120. The lowest BCUT2D eigenvalue weighted by Gasteiger charge is -2.30. The maximum absolute atomic E-state index is 8.95. The molecule has 3 heteroatoms. The SMILES string of the molecule is CCCN(CC)CC(C)(N)CO. The Morgan fingerprint density at radius 1 is 1.42 bits per heavy atom. The van der Waals surface area contributed by atoms with Crippen LogP contribution in [0.25, 0.3) is 0 Å². The highest BCUT2D eigenvalue weighted by molar-refractivity contribution is 4.81. The molecule has 3 nitrogen and oxygen atoms in total. The van der Waals surface area contributed by atoms with Gasteiger partial charge < -0.3 is 15.7 Å². The minimum atomic E-state index is -0.453. The van der Waals surface area contributed by atoms with Gasteiger partial charge in [0, 0.05) is 12.1 Å².